The van der Waals surface area contributed by atoms with Crippen molar-refractivity contribution in [3.63, 3.8) is 0 Å². The van der Waals surface area contributed by atoms with Crippen LogP contribution in [-0.2, 0) is 14.4 Å². The largest absolute Gasteiger partial charge is 0.480 e. The van der Waals surface area contributed by atoms with Gasteiger partial charge in [0.25, 0.3) is 0 Å². The highest BCUT2D eigenvalue weighted by atomic mass is 16.4. The molecule has 1 fully saturated rings. The third-order valence-electron chi connectivity index (χ3n) is 3.11. The average Bonchev–Trinajstić information content (AvgIpc) is 2.73. The fourth-order valence-electron chi connectivity index (χ4n) is 2.20. The highest BCUT2D eigenvalue weighted by molar-refractivity contribution is 5.90. The summed E-state index contributed by atoms with van der Waals surface area (Å²) < 4.78 is 0. The van der Waals surface area contributed by atoms with Gasteiger partial charge in [0.1, 0.15) is 12.1 Å². The van der Waals surface area contributed by atoms with Crippen LogP contribution in [0.15, 0.2) is 0 Å². The molecule has 2 amide bonds. The molecule has 0 aromatic rings. The van der Waals surface area contributed by atoms with Crippen molar-refractivity contribution in [2.45, 2.75) is 45.7 Å². The fourth-order valence-corrected chi connectivity index (χ4v) is 2.20. The van der Waals surface area contributed by atoms with Gasteiger partial charge in [0.2, 0.25) is 11.8 Å². The number of hydrogen-bond acceptors (Lipinski definition) is 3. The Hall–Kier alpha value is -1.59. The van der Waals surface area contributed by atoms with Crippen molar-refractivity contribution in [1.82, 2.24) is 10.2 Å². The van der Waals surface area contributed by atoms with E-state index >= 15 is 0 Å². The van der Waals surface area contributed by atoms with Crippen LogP contribution in [0.25, 0.3) is 0 Å². The van der Waals surface area contributed by atoms with Crippen molar-refractivity contribution in [3.05, 3.63) is 0 Å². The summed E-state index contributed by atoms with van der Waals surface area (Å²) >= 11 is 0. The van der Waals surface area contributed by atoms with Gasteiger partial charge in [0.15, 0.2) is 0 Å². The van der Waals surface area contributed by atoms with Gasteiger partial charge in [-0.1, -0.05) is 13.8 Å². The minimum Gasteiger partial charge on any atom is -0.480 e. The van der Waals surface area contributed by atoms with Gasteiger partial charge >= 0.3 is 5.97 Å². The predicted molar refractivity (Wildman–Crippen MR) is 64.8 cm³/mol. The van der Waals surface area contributed by atoms with Crippen LogP contribution in [0.1, 0.15) is 33.6 Å². The first-order valence-corrected chi connectivity index (χ1v) is 6.15. The monoisotopic (exact) mass is 256 g/mol. The zero-order valence-corrected chi connectivity index (χ0v) is 11.0. The van der Waals surface area contributed by atoms with E-state index in [1.165, 1.54) is 11.8 Å². The number of carbonyl (C=O) groups is 3. The molecule has 1 aliphatic heterocycles. The molecule has 1 aliphatic rings. The van der Waals surface area contributed by atoms with E-state index in [-0.39, 0.29) is 17.7 Å². The molecule has 0 bridgehead atoms. The van der Waals surface area contributed by atoms with Crippen LogP contribution >= 0.6 is 0 Å². The quantitative estimate of drug-likeness (QED) is 0.753. The fraction of sp³-hybridized carbons (Fsp3) is 0.750. The van der Waals surface area contributed by atoms with E-state index in [1.807, 2.05) is 13.8 Å². The van der Waals surface area contributed by atoms with Gasteiger partial charge in [-0.25, -0.2) is 4.79 Å². The van der Waals surface area contributed by atoms with Crippen LogP contribution in [0.3, 0.4) is 0 Å². The normalized spacial score (nSPS) is 20.9. The number of carboxylic acids is 1. The van der Waals surface area contributed by atoms with E-state index < -0.39 is 18.1 Å². The molecule has 6 nitrogen and oxygen atoms in total. The maximum Gasteiger partial charge on any atom is 0.326 e. The van der Waals surface area contributed by atoms with Crippen molar-refractivity contribution in [2.75, 3.05) is 6.54 Å². The molecular formula is C12H20N2O4. The van der Waals surface area contributed by atoms with E-state index in [4.69, 9.17) is 5.11 Å². The Kier molecular flexibility index (Phi) is 4.69. The molecule has 2 N–H and O–H groups in total. The summed E-state index contributed by atoms with van der Waals surface area (Å²) in [6.45, 7) is 5.44. The first-order valence-electron chi connectivity index (χ1n) is 6.15. The summed E-state index contributed by atoms with van der Waals surface area (Å²) in [5, 5.41) is 11.6. The van der Waals surface area contributed by atoms with Crippen LogP contribution in [0.5, 0.6) is 0 Å². The Bertz CT molecular complexity index is 350. The second kappa shape index (κ2) is 5.84. The number of carbonyl (C=O) groups excluding carboxylic acids is 2. The first-order chi connectivity index (χ1) is 8.34. The molecule has 102 valence electrons. The number of carboxylic acid groups (broad SMARTS) is 1. The second-order valence-electron chi connectivity index (χ2n) is 4.95. The maximum atomic E-state index is 12.3. The van der Waals surface area contributed by atoms with Gasteiger partial charge in [-0.3, -0.25) is 9.59 Å². The van der Waals surface area contributed by atoms with E-state index in [0.717, 1.165) is 0 Å². The summed E-state index contributed by atoms with van der Waals surface area (Å²) in [6, 6.07) is -1.41. The van der Waals surface area contributed by atoms with Crippen LogP contribution in [0.4, 0.5) is 0 Å². The molecule has 1 heterocycles. The van der Waals surface area contributed by atoms with Crippen LogP contribution in [0.2, 0.25) is 0 Å². The first kappa shape index (κ1) is 14.5. The lowest BCUT2D eigenvalue weighted by atomic mass is 10.0. The van der Waals surface area contributed by atoms with Crippen molar-refractivity contribution in [1.29, 1.82) is 0 Å². The Morgan fingerprint density at radius 1 is 1.33 bits per heavy atom. The van der Waals surface area contributed by atoms with Gasteiger partial charge in [-0.15, -0.1) is 0 Å². The summed E-state index contributed by atoms with van der Waals surface area (Å²) in [6.07, 6.45) is 1.17. The molecule has 0 aliphatic carbocycles. The minimum atomic E-state index is -0.980. The topological polar surface area (TPSA) is 86.7 Å². The molecule has 1 unspecified atom stereocenters. The number of nitrogens with zero attached hydrogens (tertiary/aromatic N) is 1. The molecule has 0 radical (unpaired) electrons. The Labute approximate surface area is 106 Å². The molecular weight excluding hydrogens is 236 g/mol. The Morgan fingerprint density at radius 2 is 1.94 bits per heavy atom. The summed E-state index contributed by atoms with van der Waals surface area (Å²) in [7, 11) is 0. The summed E-state index contributed by atoms with van der Waals surface area (Å²) in [5.74, 6) is -1.64. The lowest BCUT2D eigenvalue weighted by Gasteiger charge is -2.29. The molecule has 18 heavy (non-hydrogen) atoms. The maximum absolute atomic E-state index is 12.3. The lowest BCUT2D eigenvalue weighted by Crippen LogP contribution is -2.53. The third kappa shape index (κ3) is 3.21. The minimum absolute atomic E-state index is 0.0727. The molecule has 6 heteroatoms. The Morgan fingerprint density at radius 3 is 2.39 bits per heavy atom. The SMILES string of the molecule is CC(=O)NC(C(=O)N1CCC[C@@H]1C(=O)O)C(C)C. The number of nitrogens with one attached hydrogen (secondary N) is 1. The lowest BCUT2D eigenvalue weighted by molar-refractivity contribution is -0.149. The molecule has 0 aromatic carbocycles. The van der Waals surface area contributed by atoms with Crippen LogP contribution in [-0.4, -0.2) is 46.4 Å². The smallest absolute Gasteiger partial charge is 0.326 e. The van der Waals surface area contributed by atoms with E-state index in [1.54, 1.807) is 0 Å². The van der Waals surface area contributed by atoms with Crippen molar-refractivity contribution in [2.24, 2.45) is 5.92 Å². The number of rotatable bonds is 4. The van der Waals surface area contributed by atoms with Gasteiger partial charge in [-0.05, 0) is 18.8 Å². The zero-order valence-electron chi connectivity index (χ0n) is 11.0. The van der Waals surface area contributed by atoms with Gasteiger partial charge in [0.05, 0.1) is 0 Å². The summed E-state index contributed by atoms with van der Waals surface area (Å²) in [4.78, 5) is 35.8. The highest BCUT2D eigenvalue weighted by Crippen LogP contribution is 2.20. The highest BCUT2D eigenvalue weighted by Gasteiger charge is 2.38. The number of hydrogen-bond donors (Lipinski definition) is 2. The standard InChI is InChI=1S/C12H20N2O4/c1-7(2)10(13-8(3)15)11(16)14-6-4-5-9(14)12(17)18/h7,9-10H,4-6H2,1-3H3,(H,13,15)(H,17,18)/t9-,10?/m1/s1. The third-order valence-corrected chi connectivity index (χ3v) is 3.11. The number of amides is 2. The number of aliphatic carboxylic acids is 1. The van der Waals surface area contributed by atoms with Crippen LogP contribution < -0.4 is 5.32 Å². The van der Waals surface area contributed by atoms with Crippen molar-refractivity contribution < 1.29 is 19.5 Å². The molecule has 2 atom stereocenters. The molecule has 0 spiro atoms. The number of likely N-dealkylation sites (tertiary alicyclic amines) is 1. The molecule has 0 aromatic heterocycles. The van der Waals surface area contributed by atoms with Crippen LogP contribution in [0, 0.1) is 5.92 Å². The Balaban J connectivity index is 2.82. The average molecular weight is 256 g/mol. The van der Waals surface area contributed by atoms with Crippen molar-refractivity contribution in [3.8, 4) is 0 Å². The van der Waals surface area contributed by atoms with Crippen molar-refractivity contribution >= 4 is 17.8 Å². The van der Waals surface area contributed by atoms with Gasteiger partial charge in [0, 0.05) is 13.5 Å². The summed E-state index contributed by atoms with van der Waals surface area (Å²) in [5.41, 5.74) is 0. The predicted octanol–water partition coefficient (Wildman–Crippen LogP) is 0.223. The molecule has 1 saturated heterocycles. The second-order valence-corrected chi connectivity index (χ2v) is 4.95. The molecule has 0 saturated carbocycles. The van der Waals surface area contributed by atoms with E-state index in [2.05, 4.69) is 5.32 Å². The van der Waals surface area contributed by atoms with E-state index in [0.29, 0.717) is 19.4 Å². The van der Waals surface area contributed by atoms with Gasteiger partial charge < -0.3 is 15.3 Å². The van der Waals surface area contributed by atoms with Gasteiger partial charge in [-0.2, -0.15) is 0 Å². The van der Waals surface area contributed by atoms with E-state index in [9.17, 15) is 14.4 Å². The zero-order chi connectivity index (χ0) is 13.9. The molecule has 1 rings (SSSR count).